The minimum atomic E-state index is 0.104. The average molecular weight is 255 g/mol. The number of aryl methyl sites for hydroxylation is 2. The van der Waals surface area contributed by atoms with Crippen molar-refractivity contribution in [3.63, 3.8) is 0 Å². The van der Waals surface area contributed by atoms with Crippen LogP contribution in [0.4, 0.5) is 5.69 Å². The fraction of sp³-hybridized carbons (Fsp3) is 0.294. The van der Waals surface area contributed by atoms with Crippen LogP contribution in [0.3, 0.4) is 0 Å². The highest BCUT2D eigenvalue weighted by atomic mass is 16.3. The quantitative estimate of drug-likeness (QED) is 0.904. The Hall–Kier alpha value is -1.80. The maximum atomic E-state index is 9.04. The van der Waals surface area contributed by atoms with Gasteiger partial charge in [0.05, 0.1) is 6.61 Å². The first-order valence-electron chi connectivity index (χ1n) is 6.56. The third kappa shape index (κ3) is 3.58. The molecule has 2 nitrogen and oxygen atoms in total. The van der Waals surface area contributed by atoms with Crippen molar-refractivity contribution >= 4 is 5.69 Å². The Morgan fingerprint density at radius 2 is 1.42 bits per heavy atom. The molecule has 0 saturated heterocycles. The second-order valence-electron chi connectivity index (χ2n) is 5.18. The van der Waals surface area contributed by atoms with Gasteiger partial charge in [0.1, 0.15) is 0 Å². The van der Waals surface area contributed by atoms with Crippen LogP contribution in [0.15, 0.2) is 42.5 Å². The molecule has 0 radical (unpaired) electrons. The fourth-order valence-corrected chi connectivity index (χ4v) is 2.29. The predicted molar refractivity (Wildman–Crippen MR) is 80.4 cm³/mol. The number of aliphatic hydroxyl groups is 1. The lowest BCUT2D eigenvalue weighted by molar-refractivity contribution is 0.282. The molecular formula is C17H21NO. The number of benzene rings is 2. The normalized spacial score (nSPS) is 10.5. The van der Waals surface area contributed by atoms with Gasteiger partial charge in [-0.05, 0) is 48.2 Å². The minimum absolute atomic E-state index is 0.104. The van der Waals surface area contributed by atoms with E-state index < -0.39 is 0 Å². The Balaban J connectivity index is 2.13. The van der Waals surface area contributed by atoms with Crippen LogP contribution in [0.1, 0.15) is 22.3 Å². The largest absolute Gasteiger partial charge is 0.392 e. The van der Waals surface area contributed by atoms with Gasteiger partial charge < -0.3 is 10.0 Å². The second-order valence-corrected chi connectivity index (χ2v) is 5.18. The van der Waals surface area contributed by atoms with E-state index in [1.165, 1.54) is 22.4 Å². The van der Waals surface area contributed by atoms with E-state index in [-0.39, 0.29) is 6.61 Å². The maximum Gasteiger partial charge on any atom is 0.0681 e. The Kier molecular flexibility index (Phi) is 4.23. The average Bonchev–Trinajstić information content (AvgIpc) is 2.38. The van der Waals surface area contributed by atoms with Crippen molar-refractivity contribution in [3.8, 4) is 0 Å². The summed E-state index contributed by atoms with van der Waals surface area (Å²) in [5, 5.41) is 9.04. The molecule has 0 bridgehead atoms. The molecule has 0 spiro atoms. The summed E-state index contributed by atoms with van der Waals surface area (Å²) in [5.41, 5.74) is 6.02. The van der Waals surface area contributed by atoms with E-state index in [1.807, 2.05) is 12.1 Å². The molecule has 2 aromatic rings. The molecule has 19 heavy (non-hydrogen) atoms. The number of nitrogens with zero attached hydrogens (tertiary/aromatic N) is 1. The molecule has 0 saturated carbocycles. The van der Waals surface area contributed by atoms with Crippen LogP contribution < -0.4 is 4.90 Å². The van der Waals surface area contributed by atoms with Gasteiger partial charge in [0, 0.05) is 19.3 Å². The van der Waals surface area contributed by atoms with Crippen molar-refractivity contribution in [2.75, 3.05) is 11.9 Å². The molecule has 2 rings (SSSR count). The number of rotatable bonds is 4. The molecule has 100 valence electrons. The fourth-order valence-electron chi connectivity index (χ4n) is 2.29. The SMILES string of the molecule is Cc1cc(C)cc(N(C)Cc2ccc(CO)cc2)c1. The van der Waals surface area contributed by atoms with E-state index in [4.69, 9.17) is 5.11 Å². The zero-order valence-corrected chi connectivity index (χ0v) is 11.9. The molecule has 1 N–H and O–H groups in total. The summed E-state index contributed by atoms with van der Waals surface area (Å²) in [6.07, 6.45) is 0. The first kappa shape index (κ1) is 13.6. The summed E-state index contributed by atoms with van der Waals surface area (Å²) in [6, 6.07) is 14.7. The van der Waals surface area contributed by atoms with Gasteiger partial charge in [-0.15, -0.1) is 0 Å². The number of hydrogen-bond acceptors (Lipinski definition) is 2. The van der Waals surface area contributed by atoms with Crippen LogP contribution in [0.2, 0.25) is 0 Å². The van der Waals surface area contributed by atoms with Crippen molar-refractivity contribution in [3.05, 3.63) is 64.7 Å². The molecule has 0 amide bonds. The molecular weight excluding hydrogens is 234 g/mol. The highest BCUT2D eigenvalue weighted by Gasteiger charge is 2.03. The van der Waals surface area contributed by atoms with Crippen LogP contribution in [-0.2, 0) is 13.2 Å². The van der Waals surface area contributed by atoms with Gasteiger partial charge in [-0.3, -0.25) is 0 Å². The van der Waals surface area contributed by atoms with Crippen LogP contribution in [0.5, 0.6) is 0 Å². The van der Waals surface area contributed by atoms with E-state index in [9.17, 15) is 0 Å². The van der Waals surface area contributed by atoms with E-state index in [1.54, 1.807) is 0 Å². The van der Waals surface area contributed by atoms with Crippen molar-refractivity contribution < 1.29 is 5.11 Å². The van der Waals surface area contributed by atoms with Gasteiger partial charge in [-0.25, -0.2) is 0 Å². The Bertz CT molecular complexity index is 525. The molecule has 0 aliphatic heterocycles. The highest BCUT2D eigenvalue weighted by Crippen LogP contribution is 2.19. The van der Waals surface area contributed by atoms with Gasteiger partial charge in [-0.2, -0.15) is 0 Å². The number of hydrogen-bond donors (Lipinski definition) is 1. The molecule has 0 aliphatic carbocycles. The van der Waals surface area contributed by atoms with E-state index in [0.717, 1.165) is 12.1 Å². The zero-order valence-electron chi connectivity index (χ0n) is 11.9. The van der Waals surface area contributed by atoms with Crippen molar-refractivity contribution in [2.45, 2.75) is 27.0 Å². The minimum Gasteiger partial charge on any atom is -0.392 e. The lowest BCUT2D eigenvalue weighted by atomic mass is 10.1. The second kappa shape index (κ2) is 5.89. The molecule has 2 aromatic carbocycles. The van der Waals surface area contributed by atoms with Crippen molar-refractivity contribution in [1.82, 2.24) is 0 Å². The zero-order chi connectivity index (χ0) is 13.8. The highest BCUT2D eigenvalue weighted by molar-refractivity contribution is 5.50. The molecule has 0 aliphatic rings. The first-order chi connectivity index (χ1) is 9.08. The number of aliphatic hydroxyl groups excluding tert-OH is 1. The molecule has 0 heterocycles. The van der Waals surface area contributed by atoms with Crippen LogP contribution in [-0.4, -0.2) is 12.2 Å². The standard InChI is InChI=1S/C17H21NO/c1-13-8-14(2)10-17(9-13)18(3)11-15-4-6-16(12-19)7-5-15/h4-10,19H,11-12H2,1-3H3. The van der Waals surface area contributed by atoms with Gasteiger partial charge in [0.15, 0.2) is 0 Å². The van der Waals surface area contributed by atoms with E-state index >= 15 is 0 Å². The van der Waals surface area contributed by atoms with Crippen molar-refractivity contribution in [2.24, 2.45) is 0 Å². The lowest BCUT2D eigenvalue weighted by Gasteiger charge is -2.20. The van der Waals surface area contributed by atoms with Crippen molar-refractivity contribution in [1.29, 1.82) is 0 Å². The summed E-state index contributed by atoms with van der Waals surface area (Å²) < 4.78 is 0. The van der Waals surface area contributed by atoms with E-state index in [0.29, 0.717) is 0 Å². The van der Waals surface area contributed by atoms with Crippen LogP contribution in [0.25, 0.3) is 0 Å². The summed E-state index contributed by atoms with van der Waals surface area (Å²) in [4.78, 5) is 2.24. The Labute approximate surface area is 115 Å². The van der Waals surface area contributed by atoms with Gasteiger partial charge in [-0.1, -0.05) is 30.3 Å². The van der Waals surface area contributed by atoms with Crippen LogP contribution in [0, 0.1) is 13.8 Å². The third-order valence-corrected chi connectivity index (χ3v) is 3.27. The van der Waals surface area contributed by atoms with Gasteiger partial charge >= 0.3 is 0 Å². The lowest BCUT2D eigenvalue weighted by Crippen LogP contribution is -2.16. The Morgan fingerprint density at radius 1 is 0.895 bits per heavy atom. The molecule has 0 unspecified atom stereocenters. The molecule has 0 fully saturated rings. The molecule has 0 atom stereocenters. The summed E-state index contributed by atoms with van der Waals surface area (Å²) in [7, 11) is 2.11. The van der Waals surface area contributed by atoms with Gasteiger partial charge in [0.2, 0.25) is 0 Å². The summed E-state index contributed by atoms with van der Waals surface area (Å²) in [5.74, 6) is 0. The van der Waals surface area contributed by atoms with Gasteiger partial charge in [0.25, 0.3) is 0 Å². The smallest absolute Gasteiger partial charge is 0.0681 e. The number of anilines is 1. The monoisotopic (exact) mass is 255 g/mol. The Morgan fingerprint density at radius 3 is 1.95 bits per heavy atom. The first-order valence-corrected chi connectivity index (χ1v) is 6.56. The summed E-state index contributed by atoms with van der Waals surface area (Å²) >= 11 is 0. The predicted octanol–water partition coefficient (Wildman–Crippen LogP) is 3.43. The molecule has 0 aromatic heterocycles. The van der Waals surface area contributed by atoms with E-state index in [2.05, 4.69) is 56.1 Å². The third-order valence-electron chi connectivity index (χ3n) is 3.27. The topological polar surface area (TPSA) is 23.5 Å². The molecule has 2 heteroatoms. The summed E-state index contributed by atoms with van der Waals surface area (Å²) in [6.45, 7) is 5.22. The maximum absolute atomic E-state index is 9.04. The van der Waals surface area contributed by atoms with Crippen LogP contribution >= 0.6 is 0 Å².